The molecule has 0 amide bonds. The van der Waals surface area contributed by atoms with Gasteiger partial charge in [0.15, 0.2) is 0 Å². The number of hydrogen-bond acceptors (Lipinski definition) is 5. The number of ether oxygens (including phenoxy) is 1. The van der Waals surface area contributed by atoms with Crippen LogP contribution in [0.3, 0.4) is 0 Å². The maximum Gasteiger partial charge on any atom is 0.131 e. The van der Waals surface area contributed by atoms with E-state index in [2.05, 4.69) is 22.2 Å². The topological polar surface area (TPSA) is 73.1 Å². The molecule has 0 aromatic carbocycles. The number of nitrogens with zero attached hydrogens (tertiary/aromatic N) is 2. The molecule has 1 aliphatic rings. The molecule has 2 heterocycles. The molecule has 0 bridgehead atoms. The lowest BCUT2D eigenvalue weighted by Gasteiger charge is -2.14. The molecule has 5 heteroatoms. The molecule has 1 saturated heterocycles. The summed E-state index contributed by atoms with van der Waals surface area (Å²) in [6, 6.07) is 1.74. The summed E-state index contributed by atoms with van der Waals surface area (Å²) in [7, 11) is 0. The van der Waals surface area contributed by atoms with Gasteiger partial charge < -0.3 is 15.8 Å². The van der Waals surface area contributed by atoms with Crippen molar-refractivity contribution >= 4 is 11.6 Å². The Kier molecular flexibility index (Phi) is 3.01. The lowest BCUT2D eigenvalue weighted by Crippen LogP contribution is -2.21. The van der Waals surface area contributed by atoms with Crippen molar-refractivity contribution in [1.29, 1.82) is 0 Å². The van der Waals surface area contributed by atoms with Crippen LogP contribution in [0.1, 0.15) is 13.3 Å². The third-order valence-corrected chi connectivity index (χ3v) is 2.77. The van der Waals surface area contributed by atoms with Crippen LogP contribution in [-0.4, -0.2) is 29.2 Å². The fourth-order valence-electron chi connectivity index (χ4n) is 1.75. The van der Waals surface area contributed by atoms with Crippen molar-refractivity contribution in [2.24, 2.45) is 5.92 Å². The Morgan fingerprint density at radius 3 is 3.13 bits per heavy atom. The summed E-state index contributed by atoms with van der Waals surface area (Å²) in [5, 5.41) is 3.25. The molecule has 1 aromatic rings. The molecule has 0 aliphatic carbocycles. The normalized spacial score (nSPS) is 25.4. The SMILES string of the molecule is CC1OCCC1CNc1cc(N)ncn1. The van der Waals surface area contributed by atoms with Gasteiger partial charge in [0.1, 0.15) is 18.0 Å². The first kappa shape index (κ1) is 10.2. The molecule has 3 N–H and O–H groups in total. The van der Waals surface area contributed by atoms with E-state index in [9.17, 15) is 0 Å². The van der Waals surface area contributed by atoms with Crippen LogP contribution in [0.25, 0.3) is 0 Å². The van der Waals surface area contributed by atoms with Crippen molar-refractivity contribution in [3.63, 3.8) is 0 Å². The van der Waals surface area contributed by atoms with Gasteiger partial charge in [-0.25, -0.2) is 9.97 Å². The monoisotopic (exact) mass is 208 g/mol. The number of nitrogens with one attached hydrogen (secondary N) is 1. The van der Waals surface area contributed by atoms with Crippen LogP contribution in [0.15, 0.2) is 12.4 Å². The molecule has 5 nitrogen and oxygen atoms in total. The molecule has 82 valence electrons. The minimum atomic E-state index is 0.330. The Bertz CT molecular complexity index is 331. The Morgan fingerprint density at radius 2 is 2.47 bits per heavy atom. The number of nitrogens with two attached hydrogens (primary N) is 1. The van der Waals surface area contributed by atoms with Gasteiger partial charge in [0.25, 0.3) is 0 Å². The molecule has 0 radical (unpaired) electrons. The molecule has 0 saturated carbocycles. The third kappa shape index (κ3) is 2.56. The van der Waals surface area contributed by atoms with Gasteiger partial charge in [-0.05, 0) is 13.3 Å². The minimum Gasteiger partial charge on any atom is -0.384 e. The summed E-state index contributed by atoms with van der Waals surface area (Å²) in [5.74, 6) is 1.83. The number of rotatable bonds is 3. The highest BCUT2D eigenvalue weighted by atomic mass is 16.5. The first-order valence-electron chi connectivity index (χ1n) is 5.18. The maximum absolute atomic E-state index is 5.55. The Labute approximate surface area is 89.1 Å². The number of anilines is 2. The summed E-state index contributed by atoms with van der Waals surface area (Å²) in [5.41, 5.74) is 5.55. The number of nitrogen functional groups attached to an aromatic ring is 1. The van der Waals surface area contributed by atoms with Crippen molar-refractivity contribution in [1.82, 2.24) is 9.97 Å². The van der Waals surface area contributed by atoms with Gasteiger partial charge >= 0.3 is 0 Å². The van der Waals surface area contributed by atoms with Crippen molar-refractivity contribution in [2.75, 3.05) is 24.2 Å². The lowest BCUT2D eigenvalue weighted by molar-refractivity contribution is 0.108. The van der Waals surface area contributed by atoms with Crippen molar-refractivity contribution in [2.45, 2.75) is 19.4 Å². The summed E-state index contributed by atoms with van der Waals surface area (Å²) < 4.78 is 5.48. The molecule has 2 unspecified atom stereocenters. The standard InChI is InChI=1S/C10H16N4O/c1-7-8(2-3-15-7)5-12-10-4-9(11)13-6-14-10/h4,6-8H,2-3,5H2,1H3,(H3,11,12,13,14). The van der Waals surface area contributed by atoms with E-state index in [0.29, 0.717) is 17.8 Å². The third-order valence-electron chi connectivity index (χ3n) is 2.77. The quantitative estimate of drug-likeness (QED) is 0.772. The molecule has 15 heavy (non-hydrogen) atoms. The van der Waals surface area contributed by atoms with Gasteiger partial charge in [0.2, 0.25) is 0 Å². The maximum atomic E-state index is 5.55. The highest BCUT2D eigenvalue weighted by Crippen LogP contribution is 2.20. The summed E-state index contributed by atoms with van der Waals surface area (Å²) in [6.07, 6.45) is 2.90. The summed E-state index contributed by atoms with van der Waals surface area (Å²) in [4.78, 5) is 7.92. The highest BCUT2D eigenvalue weighted by Gasteiger charge is 2.23. The largest absolute Gasteiger partial charge is 0.384 e. The number of hydrogen-bond donors (Lipinski definition) is 2. The lowest BCUT2D eigenvalue weighted by atomic mass is 10.0. The first-order valence-corrected chi connectivity index (χ1v) is 5.18. The van der Waals surface area contributed by atoms with Gasteiger partial charge in [-0.1, -0.05) is 0 Å². The molecule has 1 fully saturated rings. The molecule has 2 atom stereocenters. The van der Waals surface area contributed by atoms with E-state index in [0.717, 1.165) is 25.4 Å². The molecule has 1 aliphatic heterocycles. The zero-order valence-electron chi connectivity index (χ0n) is 8.81. The van der Waals surface area contributed by atoms with E-state index < -0.39 is 0 Å². The van der Waals surface area contributed by atoms with E-state index in [1.165, 1.54) is 6.33 Å². The molecule has 1 aromatic heterocycles. The molecule has 0 spiro atoms. The number of aromatic nitrogens is 2. The molecular formula is C10H16N4O. The second-order valence-corrected chi connectivity index (χ2v) is 3.83. The summed E-state index contributed by atoms with van der Waals surface area (Å²) >= 11 is 0. The molecular weight excluding hydrogens is 192 g/mol. The van der Waals surface area contributed by atoms with Crippen molar-refractivity contribution in [3.8, 4) is 0 Å². The summed E-state index contributed by atoms with van der Waals surface area (Å²) in [6.45, 7) is 3.84. The van der Waals surface area contributed by atoms with E-state index >= 15 is 0 Å². The van der Waals surface area contributed by atoms with Crippen molar-refractivity contribution < 1.29 is 4.74 Å². The zero-order chi connectivity index (χ0) is 10.7. The van der Waals surface area contributed by atoms with E-state index in [1.807, 2.05) is 0 Å². The van der Waals surface area contributed by atoms with Crippen LogP contribution in [0.2, 0.25) is 0 Å². The Balaban J connectivity index is 1.87. The molecule has 2 rings (SSSR count). The zero-order valence-corrected chi connectivity index (χ0v) is 8.81. The fraction of sp³-hybridized carbons (Fsp3) is 0.600. The van der Waals surface area contributed by atoms with E-state index in [-0.39, 0.29) is 0 Å². The minimum absolute atomic E-state index is 0.330. The second kappa shape index (κ2) is 4.44. The second-order valence-electron chi connectivity index (χ2n) is 3.83. The van der Waals surface area contributed by atoms with Crippen LogP contribution >= 0.6 is 0 Å². The van der Waals surface area contributed by atoms with Gasteiger partial charge in [0.05, 0.1) is 6.10 Å². The van der Waals surface area contributed by atoms with Crippen molar-refractivity contribution in [3.05, 3.63) is 12.4 Å². The van der Waals surface area contributed by atoms with Gasteiger partial charge in [0, 0.05) is 25.1 Å². The van der Waals surface area contributed by atoms with Gasteiger partial charge in [-0.2, -0.15) is 0 Å². The Morgan fingerprint density at radius 1 is 1.60 bits per heavy atom. The van der Waals surface area contributed by atoms with Crippen LogP contribution in [0.4, 0.5) is 11.6 Å². The average Bonchev–Trinajstić information content (AvgIpc) is 2.61. The van der Waals surface area contributed by atoms with E-state index in [4.69, 9.17) is 10.5 Å². The average molecular weight is 208 g/mol. The smallest absolute Gasteiger partial charge is 0.131 e. The predicted molar refractivity (Wildman–Crippen MR) is 58.5 cm³/mol. The first-order chi connectivity index (χ1) is 7.25. The Hall–Kier alpha value is -1.36. The highest BCUT2D eigenvalue weighted by molar-refractivity contribution is 5.43. The van der Waals surface area contributed by atoms with Gasteiger partial charge in [-0.15, -0.1) is 0 Å². The van der Waals surface area contributed by atoms with Crippen LogP contribution in [-0.2, 0) is 4.74 Å². The predicted octanol–water partition coefficient (Wildman–Crippen LogP) is 0.896. The van der Waals surface area contributed by atoms with Crippen LogP contribution < -0.4 is 11.1 Å². The fourth-order valence-corrected chi connectivity index (χ4v) is 1.75. The van der Waals surface area contributed by atoms with Crippen LogP contribution in [0.5, 0.6) is 0 Å². The van der Waals surface area contributed by atoms with E-state index in [1.54, 1.807) is 6.07 Å². The van der Waals surface area contributed by atoms with Crippen LogP contribution in [0, 0.1) is 5.92 Å². The van der Waals surface area contributed by atoms with Gasteiger partial charge in [-0.3, -0.25) is 0 Å².